The molecular formula is C15H22N2O3. The lowest BCUT2D eigenvalue weighted by Gasteiger charge is -2.58. The van der Waals surface area contributed by atoms with Gasteiger partial charge in [-0.1, -0.05) is 13.8 Å². The molecule has 0 unspecified atom stereocenters. The van der Waals surface area contributed by atoms with Crippen molar-refractivity contribution in [2.45, 2.75) is 45.3 Å². The van der Waals surface area contributed by atoms with Crippen molar-refractivity contribution in [3.05, 3.63) is 18.0 Å². The molecule has 1 aliphatic heterocycles. The third kappa shape index (κ3) is 2.24. The SMILES string of the molecule is Cn1cc(CC(=O)O[C@@H]2[C@H]3CCCO[C@@H]3C2(C)C)cn1. The zero-order valence-electron chi connectivity index (χ0n) is 12.3. The molecule has 1 saturated heterocycles. The predicted molar refractivity (Wildman–Crippen MR) is 73.0 cm³/mol. The van der Waals surface area contributed by atoms with E-state index in [0.717, 1.165) is 25.0 Å². The number of fused-ring (bicyclic) bond motifs is 1. The molecule has 3 rings (SSSR count). The summed E-state index contributed by atoms with van der Waals surface area (Å²) in [4.78, 5) is 12.1. The fraction of sp³-hybridized carbons (Fsp3) is 0.733. The van der Waals surface area contributed by atoms with Crippen LogP contribution in [0.25, 0.3) is 0 Å². The summed E-state index contributed by atoms with van der Waals surface area (Å²) in [5.74, 6) is 0.205. The van der Waals surface area contributed by atoms with Crippen LogP contribution in [0.5, 0.6) is 0 Å². The highest BCUT2D eigenvalue weighted by Gasteiger charge is 2.60. The molecule has 0 amide bonds. The molecule has 0 radical (unpaired) electrons. The van der Waals surface area contributed by atoms with E-state index in [2.05, 4.69) is 18.9 Å². The van der Waals surface area contributed by atoms with Crippen molar-refractivity contribution in [2.24, 2.45) is 18.4 Å². The van der Waals surface area contributed by atoms with Gasteiger partial charge in [-0.05, 0) is 12.8 Å². The molecule has 20 heavy (non-hydrogen) atoms. The first kappa shape index (κ1) is 13.6. The Hall–Kier alpha value is -1.36. The van der Waals surface area contributed by atoms with E-state index in [4.69, 9.17) is 9.47 Å². The van der Waals surface area contributed by atoms with Gasteiger partial charge in [0, 0.05) is 36.7 Å². The van der Waals surface area contributed by atoms with Gasteiger partial charge in [0.15, 0.2) is 0 Å². The molecule has 3 atom stereocenters. The van der Waals surface area contributed by atoms with Crippen LogP contribution in [0.2, 0.25) is 0 Å². The first-order valence-corrected chi connectivity index (χ1v) is 7.27. The zero-order chi connectivity index (χ0) is 14.3. The molecule has 1 aliphatic carbocycles. The fourth-order valence-electron chi connectivity index (χ4n) is 3.63. The van der Waals surface area contributed by atoms with E-state index in [-0.39, 0.29) is 23.6 Å². The van der Waals surface area contributed by atoms with E-state index in [1.165, 1.54) is 0 Å². The molecule has 2 aliphatic rings. The second kappa shape index (κ2) is 4.88. The molecule has 1 aromatic rings. The summed E-state index contributed by atoms with van der Waals surface area (Å²) in [6.45, 7) is 5.09. The summed E-state index contributed by atoms with van der Waals surface area (Å²) >= 11 is 0. The third-order valence-corrected chi connectivity index (χ3v) is 4.59. The average Bonchev–Trinajstić information content (AvgIpc) is 2.81. The molecule has 5 heteroatoms. The van der Waals surface area contributed by atoms with Gasteiger partial charge in [0.05, 0.1) is 18.7 Å². The van der Waals surface area contributed by atoms with Gasteiger partial charge in [-0.3, -0.25) is 9.48 Å². The topological polar surface area (TPSA) is 53.4 Å². The fourth-order valence-corrected chi connectivity index (χ4v) is 3.63. The molecule has 1 aromatic heterocycles. The summed E-state index contributed by atoms with van der Waals surface area (Å²) in [7, 11) is 1.84. The minimum atomic E-state index is -0.167. The van der Waals surface area contributed by atoms with Crippen molar-refractivity contribution in [3.63, 3.8) is 0 Å². The lowest BCUT2D eigenvalue weighted by molar-refractivity contribution is -0.254. The van der Waals surface area contributed by atoms with E-state index in [9.17, 15) is 4.79 Å². The number of ether oxygens (including phenoxy) is 2. The van der Waals surface area contributed by atoms with Gasteiger partial charge in [0.2, 0.25) is 0 Å². The van der Waals surface area contributed by atoms with E-state index in [0.29, 0.717) is 12.3 Å². The first-order valence-electron chi connectivity index (χ1n) is 7.27. The number of aryl methyl sites for hydroxylation is 1. The second-order valence-electron chi connectivity index (χ2n) is 6.53. The smallest absolute Gasteiger partial charge is 0.310 e. The molecule has 110 valence electrons. The van der Waals surface area contributed by atoms with Gasteiger partial charge in [0.1, 0.15) is 6.10 Å². The van der Waals surface area contributed by atoms with Crippen LogP contribution in [-0.4, -0.2) is 34.6 Å². The number of carbonyl (C=O) groups excluding carboxylic acids is 1. The van der Waals surface area contributed by atoms with Crippen molar-refractivity contribution in [2.75, 3.05) is 6.61 Å². The first-order chi connectivity index (χ1) is 9.48. The van der Waals surface area contributed by atoms with Crippen molar-refractivity contribution < 1.29 is 14.3 Å². The quantitative estimate of drug-likeness (QED) is 0.790. The van der Waals surface area contributed by atoms with E-state index in [1.54, 1.807) is 10.9 Å². The molecule has 0 N–H and O–H groups in total. The second-order valence-corrected chi connectivity index (χ2v) is 6.53. The maximum absolute atomic E-state index is 12.1. The molecule has 2 heterocycles. The predicted octanol–water partition coefficient (Wildman–Crippen LogP) is 1.71. The number of hydrogen-bond donors (Lipinski definition) is 0. The number of nitrogens with zero attached hydrogens (tertiary/aromatic N) is 2. The summed E-state index contributed by atoms with van der Waals surface area (Å²) in [5, 5.41) is 4.07. The van der Waals surface area contributed by atoms with E-state index >= 15 is 0 Å². The number of rotatable bonds is 3. The third-order valence-electron chi connectivity index (χ3n) is 4.59. The summed E-state index contributed by atoms with van der Waals surface area (Å²) in [6.07, 6.45) is 6.23. The molecule has 1 saturated carbocycles. The van der Waals surface area contributed by atoms with Gasteiger partial charge in [-0.25, -0.2) is 0 Å². The maximum atomic E-state index is 12.1. The van der Waals surface area contributed by atoms with Crippen LogP contribution < -0.4 is 0 Å². The van der Waals surface area contributed by atoms with Gasteiger partial charge in [0.25, 0.3) is 0 Å². The Morgan fingerprint density at radius 2 is 2.40 bits per heavy atom. The summed E-state index contributed by atoms with van der Waals surface area (Å²) in [6, 6.07) is 0. The van der Waals surface area contributed by atoms with Crippen LogP contribution in [-0.2, 0) is 27.7 Å². The summed E-state index contributed by atoms with van der Waals surface area (Å²) in [5.41, 5.74) is 0.821. The number of hydrogen-bond acceptors (Lipinski definition) is 4. The average molecular weight is 278 g/mol. The standard InChI is InChI=1S/C15H22N2O3/c1-15(2)13-11(5-4-6-19-13)14(15)20-12(18)7-10-8-16-17(3)9-10/h8-9,11,13-14H,4-7H2,1-3H3/t11-,13-,14+/m0/s1. The van der Waals surface area contributed by atoms with Gasteiger partial charge < -0.3 is 9.47 Å². The van der Waals surface area contributed by atoms with Gasteiger partial charge >= 0.3 is 5.97 Å². The molecule has 0 bridgehead atoms. The molecule has 2 fully saturated rings. The lowest BCUT2D eigenvalue weighted by Crippen LogP contribution is -2.65. The minimum absolute atomic E-state index is 0.0167. The Kier molecular flexibility index (Phi) is 3.32. The molecular weight excluding hydrogens is 256 g/mol. The maximum Gasteiger partial charge on any atom is 0.310 e. The van der Waals surface area contributed by atoms with Crippen molar-refractivity contribution >= 4 is 5.97 Å². The zero-order valence-corrected chi connectivity index (χ0v) is 12.3. The van der Waals surface area contributed by atoms with E-state index < -0.39 is 0 Å². The van der Waals surface area contributed by atoms with Crippen LogP contribution in [0, 0.1) is 11.3 Å². The highest BCUT2D eigenvalue weighted by molar-refractivity contribution is 5.72. The molecule has 5 nitrogen and oxygen atoms in total. The molecule has 0 aromatic carbocycles. The largest absolute Gasteiger partial charge is 0.461 e. The Balaban J connectivity index is 1.61. The Morgan fingerprint density at radius 3 is 3.10 bits per heavy atom. The molecule has 0 spiro atoms. The van der Waals surface area contributed by atoms with Crippen molar-refractivity contribution in [1.82, 2.24) is 9.78 Å². The number of carbonyl (C=O) groups is 1. The Morgan fingerprint density at radius 1 is 1.60 bits per heavy atom. The number of esters is 1. The Bertz CT molecular complexity index is 509. The van der Waals surface area contributed by atoms with Crippen molar-refractivity contribution in [3.8, 4) is 0 Å². The lowest BCUT2D eigenvalue weighted by atomic mass is 9.57. The van der Waals surface area contributed by atoms with E-state index in [1.807, 2.05) is 13.2 Å². The van der Waals surface area contributed by atoms with Gasteiger partial charge in [-0.2, -0.15) is 5.10 Å². The van der Waals surface area contributed by atoms with Crippen LogP contribution in [0.15, 0.2) is 12.4 Å². The van der Waals surface area contributed by atoms with Crippen LogP contribution in [0.1, 0.15) is 32.3 Å². The normalized spacial score (nSPS) is 31.2. The van der Waals surface area contributed by atoms with Crippen LogP contribution in [0.3, 0.4) is 0 Å². The highest BCUT2D eigenvalue weighted by atomic mass is 16.6. The van der Waals surface area contributed by atoms with Crippen LogP contribution >= 0.6 is 0 Å². The monoisotopic (exact) mass is 278 g/mol. The Labute approximate surface area is 119 Å². The van der Waals surface area contributed by atoms with Crippen molar-refractivity contribution in [1.29, 1.82) is 0 Å². The summed E-state index contributed by atoms with van der Waals surface area (Å²) < 4.78 is 13.2. The van der Waals surface area contributed by atoms with Crippen LogP contribution in [0.4, 0.5) is 0 Å². The minimum Gasteiger partial charge on any atom is -0.461 e. The highest BCUT2D eigenvalue weighted by Crippen LogP contribution is 2.52. The number of aromatic nitrogens is 2. The van der Waals surface area contributed by atoms with Gasteiger partial charge in [-0.15, -0.1) is 0 Å².